The summed E-state index contributed by atoms with van der Waals surface area (Å²) in [7, 11) is 0. The van der Waals surface area contributed by atoms with E-state index >= 15 is 0 Å². The zero-order valence-corrected chi connectivity index (χ0v) is 16.6. The SMILES string of the molecule is CC1(C)CN2C(=O)CN(C(=O)CCCc3cccnc3)CC2c2ccccc21. The van der Waals surface area contributed by atoms with Gasteiger partial charge in [0.2, 0.25) is 11.8 Å². The van der Waals surface area contributed by atoms with Crippen LogP contribution in [0.3, 0.4) is 0 Å². The summed E-state index contributed by atoms with van der Waals surface area (Å²) < 4.78 is 0. The standard InChI is InChI=1S/C23H27N3O2/c1-23(2)16-26-20(18-9-3-4-10-19(18)23)14-25(15-22(26)28)21(27)11-5-7-17-8-6-12-24-13-17/h3-4,6,8-10,12-13,20H,5,7,11,14-16H2,1-2H3. The summed E-state index contributed by atoms with van der Waals surface area (Å²) in [6, 6.07) is 12.3. The minimum atomic E-state index is -0.0708. The van der Waals surface area contributed by atoms with Crippen LogP contribution in [0, 0.1) is 0 Å². The van der Waals surface area contributed by atoms with Gasteiger partial charge in [0, 0.05) is 37.3 Å². The van der Waals surface area contributed by atoms with Crippen LogP contribution in [0.2, 0.25) is 0 Å². The Morgan fingerprint density at radius 2 is 2.04 bits per heavy atom. The zero-order valence-electron chi connectivity index (χ0n) is 16.6. The first-order valence-corrected chi connectivity index (χ1v) is 10.0. The molecule has 1 fully saturated rings. The molecule has 1 aromatic heterocycles. The van der Waals surface area contributed by atoms with E-state index in [4.69, 9.17) is 0 Å². The summed E-state index contributed by atoms with van der Waals surface area (Å²) in [5.41, 5.74) is 3.54. The number of pyridine rings is 1. The lowest BCUT2D eigenvalue weighted by Gasteiger charge is -2.49. The summed E-state index contributed by atoms with van der Waals surface area (Å²) in [6.07, 6.45) is 5.65. The molecular weight excluding hydrogens is 350 g/mol. The van der Waals surface area contributed by atoms with Crippen molar-refractivity contribution < 1.29 is 9.59 Å². The van der Waals surface area contributed by atoms with Crippen LogP contribution in [0.4, 0.5) is 0 Å². The topological polar surface area (TPSA) is 53.5 Å². The van der Waals surface area contributed by atoms with Crippen molar-refractivity contribution in [3.8, 4) is 0 Å². The van der Waals surface area contributed by atoms with Crippen molar-refractivity contribution in [3.05, 3.63) is 65.5 Å². The molecule has 4 rings (SSSR count). The van der Waals surface area contributed by atoms with Crippen LogP contribution in [0.25, 0.3) is 0 Å². The number of hydrogen-bond donors (Lipinski definition) is 0. The lowest BCUT2D eigenvalue weighted by Crippen LogP contribution is -2.58. The summed E-state index contributed by atoms with van der Waals surface area (Å²) in [5, 5.41) is 0. The average Bonchev–Trinajstić information content (AvgIpc) is 2.69. The third-order valence-electron chi connectivity index (χ3n) is 5.96. The molecule has 1 atom stereocenters. The van der Waals surface area contributed by atoms with E-state index in [2.05, 4.69) is 37.0 Å². The number of aryl methyl sites for hydroxylation is 1. The maximum atomic E-state index is 12.9. The number of rotatable bonds is 4. The Morgan fingerprint density at radius 1 is 1.21 bits per heavy atom. The van der Waals surface area contributed by atoms with E-state index in [1.54, 1.807) is 11.1 Å². The molecule has 3 heterocycles. The summed E-state index contributed by atoms with van der Waals surface area (Å²) in [5.74, 6) is 0.124. The fraction of sp³-hybridized carbons (Fsp3) is 0.435. The number of fused-ring (bicyclic) bond motifs is 3. The lowest BCUT2D eigenvalue weighted by molar-refractivity contribution is -0.150. The molecule has 146 valence electrons. The van der Waals surface area contributed by atoms with Crippen LogP contribution in [-0.4, -0.2) is 46.2 Å². The monoisotopic (exact) mass is 377 g/mol. The maximum absolute atomic E-state index is 12.9. The minimum absolute atomic E-state index is 0.0345. The second-order valence-corrected chi connectivity index (χ2v) is 8.50. The quantitative estimate of drug-likeness (QED) is 0.823. The first-order valence-electron chi connectivity index (χ1n) is 10.0. The van der Waals surface area contributed by atoms with Crippen LogP contribution in [0.5, 0.6) is 0 Å². The van der Waals surface area contributed by atoms with Crippen molar-refractivity contribution in [3.63, 3.8) is 0 Å². The third-order valence-corrected chi connectivity index (χ3v) is 5.96. The van der Waals surface area contributed by atoms with Crippen molar-refractivity contribution in [2.45, 2.75) is 44.6 Å². The van der Waals surface area contributed by atoms with Gasteiger partial charge < -0.3 is 9.80 Å². The van der Waals surface area contributed by atoms with Gasteiger partial charge in [0.25, 0.3) is 0 Å². The van der Waals surface area contributed by atoms with E-state index in [9.17, 15) is 9.59 Å². The highest BCUT2D eigenvalue weighted by molar-refractivity contribution is 5.87. The van der Waals surface area contributed by atoms with E-state index in [0.29, 0.717) is 19.5 Å². The van der Waals surface area contributed by atoms with Crippen LogP contribution >= 0.6 is 0 Å². The highest BCUT2D eigenvalue weighted by atomic mass is 16.2. The van der Waals surface area contributed by atoms with Gasteiger partial charge in [-0.15, -0.1) is 0 Å². The smallest absolute Gasteiger partial charge is 0.242 e. The minimum Gasteiger partial charge on any atom is -0.331 e. The Morgan fingerprint density at radius 3 is 2.82 bits per heavy atom. The molecule has 1 saturated heterocycles. The van der Waals surface area contributed by atoms with Crippen LogP contribution < -0.4 is 0 Å². The van der Waals surface area contributed by atoms with Crippen LogP contribution in [0.1, 0.15) is 49.4 Å². The summed E-state index contributed by atoms with van der Waals surface area (Å²) >= 11 is 0. The Labute approximate surface area is 166 Å². The molecule has 2 aliphatic rings. The van der Waals surface area contributed by atoms with Crippen LogP contribution in [-0.2, 0) is 21.4 Å². The second kappa shape index (κ2) is 7.38. The summed E-state index contributed by atoms with van der Waals surface area (Å²) in [4.78, 5) is 33.5. The molecule has 28 heavy (non-hydrogen) atoms. The molecule has 2 aromatic rings. The van der Waals surface area contributed by atoms with Crippen molar-refractivity contribution in [2.75, 3.05) is 19.6 Å². The number of carbonyl (C=O) groups is 2. The first-order chi connectivity index (χ1) is 13.5. The number of piperazine rings is 1. The van der Waals surface area contributed by atoms with E-state index in [-0.39, 0.29) is 29.8 Å². The van der Waals surface area contributed by atoms with Gasteiger partial charge in [-0.25, -0.2) is 0 Å². The van der Waals surface area contributed by atoms with Gasteiger partial charge in [-0.3, -0.25) is 14.6 Å². The number of hydrogen-bond acceptors (Lipinski definition) is 3. The van der Waals surface area contributed by atoms with E-state index in [0.717, 1.165) is 18.4 Å². The molecule has 0 radical (unpaired) electrons. The van der Waals surface area contributed by atoms with Gasteiger partial charge >= 0.3 is 0 Å². The van der Waals surface area contributed by atoms with Crippen molar-refractivity contribution in [2.24, 2.45) is 0 Å². The van der Waals surface area contributed by atoms with Crippen molar-refractivity contribution in [1.82, 2.24) is 14.8 Å². The number of nitrogens with zero attached hydrogens (tertiary/aromatic N) is 3. The molecule has 5 heteroatoms. The largest absolute Gasteiger partial charge is 0.331 e. The molecule has 0 bridgehead atoms. The second-order valence-electron chi connectivity index (χ2n) is 8.50. The molecular formula is C23H27N3O2. The predicted molar refractivity (Wildman–Crippen MR) is 108 cm³/mol. The van der Waals surface area contributed by atoms with E-state index in [1.165, 1.54) is 11.1 Å². The maximum Gasteiger partial charge on any atom is 0.242 e. The van der Waals surface area contributed by atoms with Gasteiger partial charge in [0.05, 0.1) is 12.6 Å². The lowest BCUT2D eigenvalue weighted by atomic mass is 9.75. The number of amides is 2. The Kier molecular flexibility index (Phi) is 4.92. The van der Waals surface area contributed by atoms with E-state index < -0.39 is 0 Å². The van der Waals surface area contributed by atoms with E-state index in [1.807, 2.05) is 29.3 Å². The fourth-order valence-corrected chi connectivity index (χ4v) is 4.52. The Bertz CT molecular complexity index is 878. The van der Waals surface area contributed by atoms with Gasteiger partial charge in [0.15, 0.2) is 0 Å². The summed E-state index contributed by atoms with van der Waals surface area (Å²) in [6.45, 7) is 5.86. The molecule has 0 aliphatic carbocycles. The van der Waals surface area contributed by atoms with Gasteiger partial charge in [0.1, 0.15) is 0 Å². The zero-order chi connectivity index (χ0) is 19.7. The molecule has 1 aromatic carbocycles. The highest BCUT2D eigenvalue weighted by Gasteiger charge is 2.43. The molecule has 0 saturated carbocycles. The highest BCUT2D eigenvalue weighted by Crippen LogP contribution is 2.41. The van der Waals surface area contributed by atoms with Crippen molar-refractivity contribution in [1.29, 1.82) is 0 Å². The third kappa shape index (κ3) is 3.53. The van der Waals surface area contributed by atoms with Gasteiger partial charge in [-0.2, -0.15) is 0 Å². The van der Waals surface area contributed by atoms with Gasteiger partial charge in [-0.05, 0) is 35.6 Å². The molecule has 0 N–H and O–H groups in total. The Balaban J connectivity index is 1.46. The molecule has 2 amide bonds. The molecule has 5 nitrogen and oxygen atoms in total. The predicted octanol–water partition coefficient (Wildman–Crippen LogP) is 3.11. The van der Waals surface area contributed by atoms with Crippen molar-refractivity contribution >= 4 is 11.8 Å². The number of carbonyl (C=O) groups excluding carboxylic acids is 2. The number of aromatic nitrogens is 1. The number of benzene rings is 1. The fourth-order valence-electron chi connectivity index (χ4n) is 4.52. The van der Waals surface area contributed by atoms with Gasteiger partial charge in [-0.1, -0.05) is 44.2 Å². The normalized spacial score (nSPS) is 20.5. The Hall–Kier alpha value is -2.69. The molecule has 0 spiro atoms. The van der Waals surface area contributed by atoms with Crippen LogP contribution in [0.15, 0.2) is 48.8 Å². The molecule has 1 unspecified atom stereocenters. The molecule has 2 aliphatic heterocycles. The first kappa shape index (κ1) is 18.7. The average molecular weight is 377 g/mol.